The summed E-state index contributed by atoms with van der Waals surface area (Å²) in [7, 11) is 0. The summed E-state index contributed by atoms with van der Waals surface area (Å²) in [6, 6.07) is 9.88. The number of carbonyl (C=O) groups is 1. The smallest absolute Gasteiger partial charge is 0.248 e. The molecule has 0 saturated heterocycles. The summed E-state index contributed by atoms with van der Waals surface area (Å²) in [5.74, 6) is -2.89. The summed E-state index contributed by atoms with van der Waals surface area (Å²) < 4.78 is 26.0. The Hall–Kier alpha value is -1.45. The average molecular weight is 267 g/mol. The molecule has 0 unspecified atom stereocenters. The van der Waals surface area contributed by atoms with Gasteiger partial charge >= 0.3 is 0 Å². The molecule has 2 nitrogen and oxygen atoms in total. The number of nitrogens with one attached hydrogen (secondary N) is 1. The number of rotatable bonds is 4. The Morgan fingerprint density at radius 3 is 2.47 bits per heavy atom. The van der Waals surface area contributed by atoms with Crippen LogP contribution in [0.15, 0.2) is 30.3 Å². The highest BCUT2D eigenvalue weighted by molar-refractivity contribution is 5.78. The monoisotopic (exact) mass is 267 g/mol. The predicted octanol–water partition coefficient (Wildman–Crippen LogP) is 3.17. The number of alkyl halides is 2. The molecule has 104 valence electrons. The Bertz CT molecular complexity index is 409. The van der Waals surface area contributed by atoms with Crippen LogP contribution in [0.5, 0.6) is 0 Å². The molecule has 19 heavy (non-hydrogen) atoms. The van der Waals surface area contributed by atoms with Crippen molar-refractivity contribution in [2.45, 2.75) is 38.0 Å². The van der Waals surface area contributed by atoms with Crippen molar-refractivity contribution in [3.63, 3.8) is 0 Å². The minimum Gasteiger partial charge on any atom is -0.356 e. The van der Waals surface area contributed by atoms with Crippen LogP contribution in [0.25, 0.3) is 0 Å². The van der Waals surface area contributed by atoms with Crippen molar-refractivity contribution in [2.75, 3.05) is 6.54 Å². The third-order valence-corrected chi connectivity index (χ3v) is 3.64. The lowest BCUT2D eigenvalue weighted by Crippen LogP contribution is -2.36. The van der Waals surface area contributed by atoms with E-state index in [-0.39, 0.29) is 24.7 Å². The topological polar surface area (TPSA) is 29.1 Å². The van der Waals surface area contributed by atoms with E-state index in [0.29, 0.717) is 19.4 Å². The van der Waals surface area contributed by atoms with Gasteiger partial charge in [0.2, 0.25) is 11.8 Å². The van der Waals surface area contributed by atoms with E-state index in [1.807, 2.05) is 30.3 Å². The van der Waals surface area contributed by atoms with Gasteiger partial charge in [-0.2, -0.15) is 0 Å². The maximum absolute atomic E-state index is 13.0. The Kier molecular flexibility index (Phi) is 4.51. The second-order valence-electron chi connectivity index (χ2n) is 5.16. The van der Waals surface area contributed by atoms with Crippen LogP contribution in [0.1, 0.15) is 31.2 Å². The molecule has 0 spiro atoms. The van der Waals surface area contributed by atoms with Crippen molar-refractivity contribution in [1.29, 1.82) is 0 Å². The highest BCUT2D eigenvalue weighted by Gasteiger charge is 2.37. The molecule has 1 aliphatic rings. The van der Waals surface area contributed by atoms with Crippen LogP contribution >= 0.6 is 0 Å². The molecule has 1 aliphatic carbocycles. The van der Waals surface area contributed by atoms with E-state index in [1.54, 1.807) is 0 Å². The molecule has 0 aromatic heterocycles. The average Bonchev–Trinajstić information content (AvgIpc) is 2.39. The van der Waals surface area contributed by atoms with E-state index in [0.717, 1.165) is 12.0 Å². The van der Waals surface area contributed by atoms with Crippen LogP contribution in [0, 0.1) is 5.92 Å². The van der Waals surface area contributed by atoms with E-state index in [2.05, 4.69) is 5.32 Å². The zero-order chi connectivity index (χ0) is 13.7. The molecule has 0 heterocycles. The number of halogens is 2. The fourth-order valence-corrected chi connectivity index (χ4v) is 2.42. The van der Waals surface area contributed by atoms with Crippen LogP contribution in [0.2, 0.25) is 0 Å². The van der Waals surface area contributed by atoms with E-state index < -0.39 is 5.92 Å². The maximum Gasteiger partial charge on any atom is 0.248 e. The molecule has 1 aromatic rings. The summed E-state index contributed by atoms with van der Waals surface area (Å²) in [5, 5.41) is 2.84. The molecule has 0 radical (unpaired) electrons. The van der Waals surface area contributed by atoms with Gasteiger partial charge in [0.25, 0.3) is 0 Å². The Labute approximate surface area is 112 Å². The molecule has 0 bridgehead atoms. The number of benzene rings is 1. The summed E-state index contributed by atoms with van der Waals surface area (Å²) >= 11 is 0. The van der Waals surface area contributed by atoms with Crippen LogP contribution in [0.4, 0.5) is 8.78 Å². The molecular weight excluding hydrogens is 248 g/mol. The van der Waals surface area contributed by atoms with Gasteiger partial charge < -0.3 is 5.32 Å². The molecule has 1 fully saturated rings. The minimum absolute atomic E-state index is 0.0774. The molecular formula is C15H19F2NO. The number of carbonyl (C=O) groups excluding carboxylic acids is 1. The number of hydrogen-bond donors (Lipinski definition) is 1. The maximum atomic E-state index is 13.0. The summed E-state index contributed by atoms with van der Waals surface area (Å²) in [6.07, 6.45) is 1.04. The van der Waals surface area contributed by atoms with E-state index >= 15 is 0 Å². The van der Waals surface area contributed by atoms with Gasteiger partial charge in [-0.25, -0.2) is 8.78 Å². The molecule has 1 amide bonds. The zero-order valence-corrected chi connectivity index (χ0v) is 10.9. The van der Waals surface area contributed by atoms with Gasteiger partial charge in [0.1, 0.15) is 0 Å². The van der Waals surface area contributed by atoms with Gasteiger partial charge in [0.05, 0.1) is 0 Å². The van der Waals surface area contributed by atoms with Crippen LogP contribution in [-0.4, -0.2) is 18.4 Å². The fourth-order valence-electron chi connectivity index (χ4n) is 2.42. The first-order chi connectivity index (χ1) is 9.07. The summed E-state index contributed by atoms with van der Waals surface area (Å²) in [5.41, 5.74) is 1.16. The van der Waals surface area contributed by atoms with Crippen LogP contribution < -0.4 is 5.32 Å². The van der Waals surface area contributed by atoms with Gasteiger partial charge in [-0.15, -0.1) is 0 Å². The second kappa shape index (κ2) is 6.13. The van der Waals surface area contributed by atoms with Crippen molar-refractivity contribution >= 4 is 5.91 Å². The van der Waals surface area contributed by atoms with E-state index in [9.17, 15) is 13.6 Å². The van der Waals surface area contributed by atoms with Crippen molar-refractivity contribution in [1.82, 2.24) is 5.32 Å². The molecule has 0 atom stereocenters. The molecule has 0 aliphatic heterocycles. The standard InChI is InChI=1S/C15H19F2NO/c16-15(17)9-6-13(7-10-15)14(19)18-11-8-12-4-2-1-3-5-12/h1-5,13H,6-11H2,(H,18,19). The second-order valence-corrected chi connectivity index (χ2v) is 5.16. The SMILES string of the molecule is O=C(NCCc1ccccc1)C1CCC(F)(F)CC1. The molecule has 1 N–H and O–H groups in total. The van der Waals surface area contributed by atoms with Gasteiger partial charge in [-0.1, -0.05) is 30.3 Å². The first-order valence-corrected chi connectivity index (χ1v) is 6.76. The predicted molar refractivity (Wildman–Crippen MR) is 70.1 cm³/mol. The lowest BCUT2D eigenvalue weighted by atomic mass is 9.86. The third-order valence-electron chi connectivity index (χ3n) is 3.64. The van der Waals surface area contributed by atoms with Crippen molar-refractivity contribution in [3.8, 4) is 0 Å². The Morgan fingerprint density at radius 2 is 1.84 bits per heavy atom. The van der Waals surface area contributed by atoms with Crippen molar-refractivity contribution in [3.05, 3.63) is 35.9 Å². The number of hydrogen-bond acceptors (Lipinski definition) is 1. The zero-order valence-electron chi connectivity index (χ0n) is 10.9. The third kappa shape index (κ3) is 4.30. The van der Waals surface area contributed by atoms with Gasteiger partial charge in [-0.3, -0.25) is 4.79 Å². The molecule has 2 rings (SSSR count). The Morgan fingerprint density at radius 1 is 1.21 bits per heavy atom. The molecule has 1 aromatic carbocycles. The first-order valence-electron chi connectivity index (χ1n) is 6.76. The van der Waals surface area contributed by atoms with E-state index in [4.69, 9.17) is 0 Å². The lowest BCUT2D eigenvalue weighted by molar-refractivity contribution is -0.129. The van der Waals surface area contributed by atoms with Crippen LogP contribution in [0.3, 0.4) is 0 Å². The first kappa shape index (κ1) is 14.0. The minimum atomic E-state index is -2.57. The summed E-state index contributed by atoms with van der Waals surface area (Å²) in [4.78, 5) is 11.8. The normalized spacial score (nSPS) is 19.1. The number of amides is 1. The van der Waals surface area contributed by atoms with E-state index in [1.165, 1.54) is 0 Å². The van der Waals surface area contributed by atoms with Gasteiger partial charge in [0.15, 0.2) is 0 Å². The highest BCUT2D eigenvalue weighted by Crippen LogP contribution is 2.36. The highest BCUT2D eigenvalue weighted by atomic mass is 19.3. The fraction of sp³-hybridized carbons (Fsp3) is 0.533. The van der Waals surface area contributed by atoms with Gasteiger partial charge in [0, 0.05) is 25.3 Å². The molecule has 1 saturated carbocycles. The van der Waals surface area contributed by atoms with Crippen molar-refractivity contribution in [2.24, 2.45) is 5.92 Å². The largest absolute Gasteiger partial charge is 0.356 e. The van der Waals surface area contributed by atoms with Gasteiger partial charge in [-0.05, 0) is 24.8 Å². The summed E-state index contributed by atoms with van der Waals surface area (Å²) in [6.45, 7) is 0.565. The lowest BCUT2D eigenvalue weighted by Gasteiger charge is -2.27. The quantitative estimate of drug-likeness (QED) is 0.892. The van der Waals surface area contributed by atoms with Crippen molar-refractivity contribution < 1.29 is 13.6 Å². The Balaban J connectivity index is 1.70. The molecule has 4 heteroatoms. The van der Waals surface area contributed by atoms with Crippen LogP contribution in [-0.2, 0) is 11.2 Å².